The van der Waals surface area contributed by atoms with Crippen molar-refractivity contribution in [3.05, 3.63) is 55.2 Å². The van der Waals surface area contributed by atoms with Crippen molar-refractivity contribution in [3.8, 4) is 22.6 Å². The van der Waals surface area contributed by atoms with Crippen LogP contribution in [0, 0.1) is 0 Å². The van der Waals surface area contributed by atoms with Crippen LogP contribution in [0.3, 0.4) is 0 Å². The molecule has 0 spiro atoms. The van der Waals surface area contributed by atoms with Gasteiger partial charge in [-0.1, -0.05) is 0 Å². The Morgan fingerprint density at radius 2 is 1.80 bits per heavy atom. The SMILES string of the molecule is Cn1cc(-c2cc(Nc3nc(Nc4ccc5nccnc5c4P=O)c4cc[nH]c4n3)c3c(c2N2CCOCC2)OCCO3)cn1. The molecular formula is C30H27N10O4P. The van der Waals surface area contributed by atoms with Gasteiger partial charge in [-0.05, 0) is 24.3 Å². The molecule has 6 heterocycles. The van der Waals surface area contributed by atoms with Gasteiger partial charge in [0.2, 0.25) is 5.95 Å². The summed E-state index contributed by atoms with van der Waals surface area (Å²) in [5.41, 5.74) is 5.86. The van der Waals surface area contributed by atoms with E-state index in [0.29, 0.717) is 83.1 Å². The number of aryl methyl sites for hydroxylation is 1. The Morgan fingerprint density at radius 1 is 0.956 bits per heavy atom. The second-order valence-corrected chi connectivity index (χ2v) is 11.2. The molecule has 15 heteroatoms. The van der Waals surface area contributed by atoms with E-state index in [4.69, 9.17) is 24.2 Å². The average molecular weight is 623 g/mol. The van der Waals surface area contributed by atoms with Crippen molar-refractivity contribution in [1.29, 1.82) is 0 Å². The molecule has 0 atom stereocenters. The van der Waals surface area contributed by atoms with Crippen molar-refractivity contribution in [3.63, 3.8) is 0 Å². The van der Waals surface area contributed by atoms with Crippen molar-refractivity contribution in [1.82, 2.24) is 34.7 Å². The first-order chi connectivity index (χ1) is 22.2. The van der Waals surface area contributed by atoms with E-state index in [0.717, 1.165) is 35.3 Å². The molecule has 2 aromatic carbocycles. The Morgan fingerprint density at radius 3 is 2.62 bits per heavy atom. The minimum absolute atomic E-state index is 0.195. The van der Waals surface area contributed by atoms with Crippen LogP contribution in [0.5, 0.6) is 11.5 Å². The predicted octanol–water partition coefficient (Wildman–Crippen LogP) is 4.31. The zero-order chi connectivity index (χ0) is 30.3. The number of aromatic amines is 1. The van der Waals surface area contributed by atoms with E-state index in [-0.39, 0.29) is 8.46 Å². The number of H-pyrrole nitrogens is 1. The number of ether oxygens (including phenoxy) is 3. The van der Waals surface area contributed by atoms with E-state index in [1.807, 2.05) is 43.7 Å². The molecule has 0 radical (unpaired) electrons. The second-order valence-electron chi connectivity index (χ2n) is 10.5. The molecule has 0 aliphatic carbocycles. The van der Waals surface area contributed by atoms with E-state index in [1.54, 1.807) is 23.3 Å². The molecule has 4 aromatic heterocycles. The topological polar surface area (TPSA) is 157 Å². The van der Waals surface area contributed by atoms with Gasteiger partial charge in [-0.25, -0.2) is 0 Å². The van der Waals surface area contributed by atoms with Gasteiger partial charge in [-0.2, -0.15) is 15.1 Å². The Bertz CT molecular complexity index is 2070. The molecule has 2 aliphatic rings. The zero-order valence-corrected chi connectivity index (χ0v) is 25.0. The van der Waals surface area contributed by atoms with Crippen LogP contribution in [-0.2, 0) is 16.3 Å². The molecular weight excluding hydrogens is 595 g/mol. The van der Waals surface area contributed by atoms with Crippen molar-refractivity contribution >= 4 is 64.7 Å². The quantitative estimate of drug-likeness (QED) is 0.217. The van der Waals surface area contributed by atoms with Crippen LogP contribution < -0.4 is 30.3 Å². The van der Waals surface area contributed by atoms with Crippen LogP contribution in [0.25, 0.3) is 33.2 Å². The Kier molecular flexibility index (Phi) is 6.84. The predicted molar refractivity (Wildman–Crippen MR) is 170 cm³/mol. The van der Waals surface area contributed by atoms with Gasteiger partial charge in [0.05, 0.1) is 52.7 Å². The smallest absolute Gasteiger partial charge is 0.231 e. The molecule has 8 rings (SSSR count). The van der Waals surface area contributed by atoms with Crippen molar-refractivity contribution in [2.45, 2.75) is 0 Å². The summed E-state index contributed by atoms with van der Waals surface area (Å²) in [6, 6.07) is 7.55. The summed E-state index contributed by atoms with van der Waals surface area (Å²) in [6.45, 7) is 3.53. The summed E-state index contributed by atoms with van der Waals surface area (Å²) in [5, 5.41) is 12.4. The number of aromatic nitrogens is 7. The lowest BCUT2D eigenvalue weighted by Crippen LogP contribution is -2.37. The maximum Gasteiger partial charge on any atom is 0.231 e. The van der Waals surface area contributed by atoms with Crippen molar-refractivity contribution < 1.29 is 18.8 Å². The standard InChI is InChI=1S/C30H27N10O4P/c1-39-16-17(15-34-39)19-14-22(25-26(44-13-12-43-25)24(19)40-8-10-42-11-9-40)36-30-37-28-18(4-5-33-28)29(38-30)35-21-3-2-20-23(27(21)45-41)32-7-6-31-20/h2-7,14-16H,8-13H2,1H3,(H3,33,35,36,37,38). The third kappa shape index (κ3) is 4.93. The number of nitrogens with zero attached hydrogens (tertiary/aromatic N) is 7. The highest BCUT2D eigenvalue weighted by Gasteiger charge is 2.30. The summed E-state index contributed by atoms with van der Waals surface area (Å²) < 4.78 is 32.2. The largest absolute Gasteiger partial charge is 0.484 e. The first kappa shape index (κ1) is 27.2. The number of benzene rings is 2. The number of nitrogens with one attached hydrogen (secondary N) is 3. The summed E-state index contributed by atoms with van der Waals surface area (Å²) in [6.07, 6.45) is 8.79. The van der Waals surface area contributed by atoms with Gasteiger partial charge < -0.3 is 34.7 Å². The number of fused-ring (bicyclic) bond motifs is 3. The van der Waals surface area contributed by atoms with Crippen LogP contribution in [-0.4, -0.2) is 74.2 Å². The minimum atomic E-state index is -0.195. The van der Waals surface area contributed by atoms with Gasteiger partial charge in [-0.15, -0.1) is 0 Å². The highest BCUT2D eigenvalue weighted by atomic mass is 31.1. The maximum atomic E-state index is 12.3. The molecule has 1 fully saturated rings. The average Bonchev–Trinajstić information content (AvgIpc) is 3.74. The molecule has 14 nitrogen and oxygen atoms in total. The molecule has 3 N–H and O–H groups in total. The summed E-state index contributed by atoms with van der Waals surface area (Å²) in [7, 11) is 1.70. The van der Waals surface area contributed by atoms with Crippen LogP contribution in [0.4, 0.5) is 28.8 Å². The summed E-state index contributed by atoms with van der Waals surface area (Å²) in [4.78, 5) is 23.8. The normalized spacial score (nSPS) is 14.7. The van der Waals surface area contributed by atoms with Gasteiger partial charge in [-0.3, -0.25) is 19.2 Å². The van der Waals surface area contributed by atoms with Gasteiger partial charge in [0.15, 0.2) is 20.0 Å². The molecule has 0 saturated carbocycles. The molecule has 1 saturated heterocycles. The lowest BCUT2D eigenvalue weighted by Gasteiger charge is -2.34. The van der Waals surface area contributed by atoms with Crippen LogP contribution in [0.1, 0.15) is 0 Å². The third-order valence-corrected chi connectivity index (χ3v) is 8.38. The highest BCUT2D eigenvalue weighted by Crippen LogP contribution is 2.51. The molecule has 0 amide bonds. The molecule has 0 bridgehead atoms. The maximum absolute atomic E-state index is 12.3. The van der Waals surface area contributed by atoms with E-state index in [2.05, 4.69) is 35.6 Å². The Balaban J connectivity index is 1.24. The third-order valence-electron chi connectivity index (χ3n) is 7.75. The van der Waals surface area contributed by atoms with Crippen molar-refractivity contribution in [2.75, 3.05) is 55.1 Å². The summed E-state index contributed by atoms with van der Waals surface area (Å²) >= 11 is 0. The number of hydrogen-bond donors (Lipinski definition) is 3. The Hall–Kier alpha value is -5.33. The fourth-order valence-electron chi connectivity index (χ4n) is 5.72. The lowest BCUT2D eigenvalue weighted by molar-refractivity contribution is 0.121. The van der Waals surface area contributed by atoms with E-state index >= 15 is 0 Å². The van der Waals surface area contributed by atoms with E-state index < -0.39 is 0 Å². The zero-order valence-electron chi connectivity index (χ0n) is 24.1. The fourth-order valence-corrected chi connectivity index (χ4v) is 6.21. The molecule has 226 valence electrons. The van der Waals surface area contributed by atoms with Crippen LogP contribution >= 0.6 is 8.46 Å². The lowest BCUT2D eigenvalue weighted by atomic mass is 10.0. The first-order valence-corrected chi connectivity index (χ1v) is 15.2. The van der Waals surface area contributed by atoms with Crippen LogP contribution in [0.15, 0.2) is 55.2 Å². The van der Waals surface area contributed by atoms with E-state index in [9.17, 15) is 4.57 Å². The van der Waals surface area contributed by atoms with Gasteiger partial charge in [0.1, 0.15) is 30.2 Å². The summed E-state index contributed by atoms with van der Waals surface area (Å²) in [5.74, 6) is 2.07. The molecule has 0 unspecified atom stereocenters. The van der Waals surface area contributed by atoms with Crippen LogP contribution in [0.2, 0.25) is 0 Å². The fraction of sp³-hybridized carbons (Fsp3) is 0.233. The van der Waals surface area contributed by atoms with Crippen molar-refractivity contribution in [2.24, 2.45) is 7.05 Å². The number of morpholine rings is 1. The molecule has 2 aliphatic heterocycles. The van der Waals surface area contributed by atoms with Gasteiger partial charge >= 0.3 is 0 Å². The molecule has 6 aromatic rings. The Labute approximate surface area is 258 Å². The van der Waals surface area contributed by atoms with E-state index in [1.165, 1.54) is 0 Å². The number of hydrogen-bond acceptors (Lipinski definition) is 12. The minimum Gasteiger partial charge on any atom is -0.484 e. The molecule has 45 heavy (non-hydrogen) atoms. The number of rotatable bonds is 7. The first-order valence-electron chi connectivity index (χ1n) is 14.4. The highest BCUT2D eigenvalue weighted by molar-refractivity contribution is 7.35. The second kappa shape index (κ2) is 11.3. The van der Waals surface area contributed by atoms with Gasteiger partial charge in [0.25, 0.3) is 0 Å². The number of anilines is 5. The monoisotopic (exact) mass is 622 g/mol. The van der Waals surface area contributed by atoms with Gasteiger partial charge in [0, 0.05) is 56.1 Å².